The van der Waals surface area contributed by atoms with Crippen molar-refractivity contribution in [1.29, 1.82) is 0 Å². The molecule has 2 nitrogen and oxygen atoms in total. The molecule has 0 bridgehead atoms. The van der Waals surface area contributed by atoms with Crippen LogP contribution in [0.25, 0.3) is 0 Å². The van der Waals surface area contributed by atoms with Crippen LogP contribution in [0, 0.1) is 0 Å². The molecule has 1 unspecified atom stereocenters. The lowest BCUT2D eigenvalue weighted by molar-refractivity contribution is 0.411. The van der Waals surface area contributed by atoms with Crippen LogP contribution >= 0.6 is 27.3 Å². The van der Waals surface area contributed by atoms with Crippen molar-refractivity contribution in [3.05, 3.63) is 50.6 Å². The van der Waals surface area contributed by atoms with Crippen LogP contribution in [0.1, 0.15) is 24.1 Å². The van der Waals surface area contributed by atoms with Gasteiger partial charge in [0.2, 0.25) is 0 Å². The first-order valence-electron chi connectivity index (χ1n) is 5.78. The van der Waals surface area contributed by atoms with Gasteiger partial charge in [0.15, 0.2) is 0 Å². The van der Waals surface area contributed by atoms with Crippen molar-refractivity contribution < 1.29 is 4.74 Å². The van der Waals surface area contributed by atoms with Crippen LogP contribution in [-0.4, -0.2) is 7.11 Å². The maximum atomic E-state index is 5.23. The van der Waals surface area contributed by atoms with Gasteiger partial charge < -0.3 is 10.1 Å². The molecule has 0 aliphatic carbocycles. The second kappa shape index (κ2) is 6.36. The van der Waals surface area contributed by atoms with Gasteiger partial charge in [-0.05, 0) is 62.9 Å². The number of ether oxygens (including phenoxy) is 1. The number of halogens is 1. The average molecular weight is 326 g/mol. The minimum Gasteiger partial charge on any atom is -0.496 e. The molecule has 1 aromatic carbocycles. The van der Waals surface area contributed by atoms with Crippen molar-refractivity contribution in [2.75, 3.05) is 7.11 Å². The monoisotopic (exact) mass is 325 g/mol. The lowest BCUT2D eigenvalue weighted by Crippen LogP contribution is -2.17. The van der Waals surface area contributed by atoms with Gasteiger partial charge in [-0.2, -0.15) is 11.3 Å². The zero-order valence-electron chi connectivity index (χ0n) is 10.4. The van der Waals surface area contributed by atoms with Crippen molar-refractivity contribution in [1.82, 2.24) is 5.32 Å². The molecule has 18 heavy (non-hydrogen) atoms. The second-order valence-corrected chi connectivity index (χ2v) is 5.76. The molecule has 0 aliphatic heterocycles. The van der Waals surface area contributed by atoms with Gasteiger partial charge in [-0.3, -0.25) is 0 Å². The Morgan fingerprint density at radius 3 is 2.83 bits per heavy atom. The van der Waals surface area contributed by atoms with E-state index in [1.807, 2.05) is 6.07 Å². The summed E-state index contributed by atoms with van der Waals surface area (Å²) in [5, 5.41) is 7.78. The number of rotatable bonds is 5. The quantitative estimate of drug-likeness (QED) is 0.881. The van der Waals surface area contributed by atoms with E-state index in [1.165, 1.54) is 11.1 Å². The van der Waals surface area contributed by atoms with E-state index >= 15 is 0 Å². The Labute approximate surface area is 120 Å². The Kier molecular flexibility index (Phi) is 4.80. The second-order valence-electron chi connectivity index (χ2n) is 4.13. The van der Waals surface area contributed by atoms with Gasteiger partial charge in [-0.25, -0.2) is 0 Å². The molecular formula is C14H16BrNOS. The molecule has 1 N–H and O–H groups in total. The number of thiophene rings is 1. The number of hydrogen-bond acceptors (Lipinski definition) is 3. The van der Waals surface area contributed by atoms with Gasteiger partial charge in [0.1, 0.15) is 5.75 Å². The Hall–Kier alpha value is -0.840. The molecule has 0 saturated heterocycles. The van der Waals surface area contributed by atoms with E-state index in [9.17, 15) is 0 Å². The number of benzene rings is 1. The lowest BCUT2D eigenvalue weighted by Gasteiger charge is -2.15. The van der Waals surface area contributed by atoms with Crippen molar-refractivity contribution in [2.24, 2.45) is 0 Å². The highest BCUT2D eigenvalue weighted by Gasteiger charge is 2.08. The van der Waals surface area contributed by atoms with E-state index in [1.54, 1.807) is 18.4 Å². The summed E-state index contributed by atoms with van der Waals surface area (Å²) in [6, 6.07) is 8.64. The van der Waals surface area contributed by atoms with E-state index in [-0.39, 0.29) is 0 Å². The van der Waals surface area contributed by atoms with Crippen LogP contribution < -0.4 is 10.1 Å². The molecule has 4 heteroatoms. The molecule has 0 fully saturated rings. The fourth-order valence-corrected chi connectivity index (χ4v) is 2.96. The largest absolute Gasteiger partial charge is 0.496 e. The molecule has 1 heterocycles. The van der Waals surface area contributed by atoms with E-state index < -0.39 is 0 Å². The summed E-state index contributed by atoms with van der Waals surface area (Å²) in [4.78, 5) is 0. The highest BCUT2D eigenvalue weighted by molar-refractivity contribution is 9.10. The van der Waals surface area contributed by atoms with Gasteiger partial charge in [-0.15, -0.1) is 0 Å². The molecule has 96 valence electrons. The fourth-order valence-electron chi connectivity index (χ4n) is 1.73. The predicted octanol–water partition coefficient (Wildman–Crippen LogP) is 4.37. The Balaban J connectivity index is 2.00. The van der Waals surface area contributed by atoms with E-state index in [4.69, 9.17) is 4.74 Å². The summed E-state index contributed by atoms with van der Waals surface area (Å²) in [7, 11) is 1.68. The molecular weight excluding hydrogens is 310 g/mol. The van der Waals surface area contributed by atoms with Gasteiger partial charge in [0, 0.05) is 12.6 Å². The number of hydrogen-bond donors (Lipinski definition) is 1. The van der Waals surface area contributed by atoms with Gasteiger partial charge in [0.05, 0.1) is 11.6 Å². The maximum Gasteiger partial charge on any atom is 0.133 e. The summed E-state index contributed by atoms with van der Waals surface area (Å²) in [5.41, 5.74) is 2.58. The SMILES string of the molecule is COc1ccc(C(C)NCc2ccsc2)cc1Br. The van der Waals surface area contributed by atoms with Crippen molar-refractivity contribution >= 4 is 27.3 Å². The summed E-state index contributed by atoms with van der Waals surface area (Å²) in [5.74, 6) is 0.865. The fraction of sp³-hybridized carbons (Fsp3) is 0.286. The van der Waals surface area contributed by atoms with Gasteiger partial charge >= 0.3 is 0 Å². The zero-order chi connectivity index (χ0) is 13.0. The van der Waals surface area contributed by atoms with E-state index in [0.717, 1.165) is 16.8 Å². The number of methoxy groups -OCH3 is 1. The molecule has 0 amide bonds. The van der Waals surface area contributed by atoms with Gasteiger partial charge in [0.25, 0.3) is 0 Å². The summed E-state index contributed by atoms with van der Waals surface area (Å²) in [6.45, 7) is 3.06. The first kappa shape index (κ1) is 13.6. The van der Waals surface area contributed by atoms with E-state index in [2.05, 4.69) is 57.1 Å². The van der Waals surface area contributed by atoms with Crippen LogP contribution in [-0.2, 0) is 6.54 Å². The molecule has 0 spiro atoms. The third-order valence-corrected chi connectivity index (χ3v) is 4.22. The Bertz CT molecular complexity index is 499. The predicted molar refractivity (Wildman–Crippen MR) is 80.3 cm³/mol. The number of nitrogens with one attached hydrogen (secondary N) is 1. The first-order valence-corrected chi connectivity index (χ1v) is 7.52. The average Bonchev–Trinajstić information content (AvgIpc) is 2.89. The topological polar surface area (TPSA) is 21.3 Å². The summed E-state index contributed by atoms with van der Waals surface area (Å²) < 4.78 is 6.22. The molecule has 1 atom stereocenters. The first-order chi connectivity index (χ1) is 8.70. The molecule has 2 rings (SSSR count). The standard InChI is InChI=1S/C14H16BrNOS/c1-10(16-8-11-5-6-18-9-11)12-3-4-14(17-2)13(15)7-12/h3-7,9-10,16H,8H2,1-2H3. The third-order valence-electron chi connectivity index (χ3n) is 2.87. The van der Waals surface area contributed by atoms with E-state index in [0.29, 0.717) is 6.04 Å². The molecule has 0 aliphatic rings. The van der Waals surface area contributed by atoms with Gasteiger partial charge in [-0.1, -0.05) is 6.07 Å². The van der Waals surface area contributed by atoms with Crippen LogP contribution in [0.3, 0.4) is 0 Å². The Morgan fingerprint density at radius 2 is 2.22 bits per heavy atom. The van der Waals surface area contributed by atoms with Crippen molar-refractivity contribution in [3.63, 3.8) is 0 Å². The minimum atomic E-state index is 0.312. The third kappa shape index (κ3) is 3.34. The molecule has 2 aromatic rings. The van der Waals surface area contributed by atoms with Crippen molar-refractivity contribution in [2.45, 2.75) is 19.5 Å². The maximum absolute atomic E-state index is 5.23. The van der Waals surface area contributed by atoms with Crippen LogP contribution in [0.4, 0.5) is 0 Å². The highest BCUT2D eigenvalue weighted by atomic mass is 79.9. The lowest BCUT2D eigenvalue weighted by atomic mass is 10.1. The van der Waals surface area contributed by atoms with Crippen molar-refractivity contribution in [3.8, 4) is 5.75 Å². The zero-order valence-corrected chi connectivity index (χ0v) is 12.8. The summed E-state index contributed by atoms with van der Waals surface area (Å²) >= 11 is 5.24. The highest BCUT2D eigenvalue weighted by Crippen LogP contribution is 2.28. The molecule has 0 saturated carbocycles. The smallest absolute Gasteiger partial charge is 0.133 e. The summed E-state index contributed by atoms with van der Waals surface area (Å²) in [6.07, 6.45) is 0. The van der Waals surface area contributed by atoms with Crippen LogP contribution in [0.2, 0.25) is 0 Å². The minimum absolute atomic E-state index is 0.312. The van der Waals surface area contributed by atoms with Crippen LogP contribution in [0.5, 0.6) is 5.75 Å². The Morgan fingerprint density at radius 1 is 1.39 bits per heavy atom. The molecule has 1 aromatic heterocycles. The molecule has 0 radical (unpaired) electrons. The normalized spacial score (nSPS) is 12.4. The van der Waals surface area contributed by atoms with Crippen LogP contribution in [0.15, 0.2) is 39.5 Å².